The van der Waals surface area contributed by atoms with E-state index in [2.05, 4.69) is 21.2 Å². The Labute approximate surface area is 114 Å². The lowest BCUT2D eigenvalue weighted by molar-refractivity contribution is 0.0524. The van der Waals surface area contributed by atoms with Crippen molar-refractivity contribution in [1.29, 1.82) is 0 Å². The zero-order chi connectivity index (χ0) is 13.1. The van der Waals surface area contributed by atoms with Crippen LogP contribution in [-0.2, 0) is 4.74 Å². The largest absolute Gasteiger partial charge is 0.444 e. The first-order valence-electron chi connectivity index (χ1n) is 5.25. The maximum Gasteiger partial charge on any atom is 0.407 e. The molecule has 1 atom stereocenters. The number of hydrogen-bond donors (Lipinski definition) is 2. The van der Waals surface area contributed by atoms with Crippen LogP contribution in [0.1, 0.15) is 31.7 Å². The Kier molecular flexibility index (Phi) is 4.97. The van der Waals surface area contributed by atoms with Gasteiger partial charge in [-0.25, -0.2) is 4.79 Å². The van der Waals surface area contributed by atoms with E-state index in [0.717, 1.165) is 8.66 Å². The monoisotopic (exact) mass is 320 g/mol. The van der Waals surface area contributed by atoms with Crippen LogP contribution in [0, 0.1) is 0 Å². The number of alkyl carbamates (subject to hydrolysis) is 1. The van der Waals surface area contributed by atoms with Crippen LogP contribution in [0.2, 0.25) is 0 Å². The number of thiophene rings is 1. The maximum absolute atomic E-state index is 11.4. The summed E-state index contributed by atoms with van der Waals surface area (Å²) < 4.78 is 6.15. The predicted molar refractivity (Wildman–Crippen MR) is 73.2 cm³/mol. The summed E-state index contributed by atoms with van der Waals surface area (Å²) in [7, 11) is 0. The van der Waals surface area contributed by atoms with Gasteiger partial charge in [0.15, 0.2) is 0 Å². The van der Waals surface area contributed by atoms with E-state index in [9.17, 15) is 4.79 Å². The van der Waals surface area contributed by atoms with Crippen LogP contribution in [0.4, 0.5) is 4.79 Å². The zero-order valence-corrected chi connectivity index (χ0v) is 12.5. The Bertz CT molecular complexity index is 387. The second-order valence-corrected chi connectivity index (χ2v) is 7.13. The third kappa shape index (κ3) is 5.52. The summed E-state index contributed by atoms with van der Waals surface area (Å²) in [4.78, 5) is 12.4. The quantitative estimate of drug-likeness (QED) is 0.899. The van der Waals surface area contributed by atoms with Gasteiger partial charge in [-0.1, -0.05) is 0 Å². The zero-order valence-electron chi connectivity index (χ0n) is 10.1. The molecule has 96 valence electrons. The van der Waals surface area contributed by atoms with Gasteiger partial charge >= 0.3 is 6.09 Å². The lowest BCUT2D eigenvalue weighted by atomic mass is 10.2. The number of halogens is 1. The number of ether oxygens (including phenoxy) is 1. The van der Waals surface area contributed by atoms with Gasteiger partial charge in [0.2, 0.25) is 0 Å². The highest BCUT2D eigenvalue weighted by atomic mass is 79.9. The van der Waals surface area contributed by atoms with Crippen molar-refractivity contribution in [3.8, 4) is 0 Å². The molecule has 0 aliphatic rings. The molecule has 17 heavy (non-hydrogen) atoms. The second kappa shape index (κ2) is 5.84. The van der Waals surface area contributed by atoms with Gasteiger partial charge in [0, 0.05) is 11.4 Å². The first-order chi connectivity index (χ1) is 7.78. The number of carbonyl (C=O) groups excluding carboxylic acids is 1. The molecule has 6 heteroatoms. The summed E-state index contributed by atoms with van der Waals surface area (Å²) in [6.07, 6.45) is -0.441. The molecule has 4 nitrogen and oxygen atoms in total. The van der Waals surface area contributed by atoms with Crippen molar-refractivity contribution in [3.05, 3.63) is 20.8 Å². The predicted octanol–water partition coefficient (Wildman–Crippen LogP) is 3.04. The molecule has 0 saturated heterocycles. The molecule has 0 aliphatic carbocycles. The topological polar surface area (TPSA) is 64.3 Å². The highest BCUT2D eigenvalue weighted by molar-refractivity contribution is 9.11. The number of nitrogens with one attached hydrogen (secondary N) is 1. The minimum absolute atomic E-state index is 0.209. The Balaban J connectivity index is 2.38. The van der Waals surface area contributed by atoms with E-state index in [0.29, 0.717) is 6.54 Å². The fourth-order valence-corrected chi connectivity index (χ4v) is 2.56. The molecule has 1 aromatic heterocycles. The molecule has 0 aliphatic heterocycles. The lowest BCUT2D eigenvalue weighted by Gasteiger charge is -2.20. The molecule has 0 radical (unpaired) electrons. The van der Waals surface area contributed by atoms with Crippen molar-refractivity contribution in [3.63, 3.8) is 0 Å². The molecule has 1 rings (SSSR count). The number of nitrogens with two attached hydrogens (primary N) is 1. The first kappa shape index (κ1) is 14.5. The summed E-state index contributed by atoms with van der Waals surface area (Å²) in [5, 5.41) is 2.65. The number of carbonyl (C=O) groups is 1. The molecule has 0 bridgehead atoms. The van der Waals surface area contributed by atoms with Gasteiger partial charge in [-0.2, -0.15) is 0 Å². The van der Waals surface area contributed by atoms with Crippen LogP contribution < -0.4 is 11.1 Å². The van der Waals surface area contributed by atoms with Crippen LogP contribution >= 0.6 is 27.3 Å². The van der Waals surface area contributed by atoms with Crippen LogP contribution in [0.5, 0.6) is 0 Å². The molecule has 1 amide bonds. The molecular weight excluding hydrogens is 304 g/mol. The van der Waals surface area contributed by atoms with E-state index < -0.39 is 11.7 Å². The van der Waals surface area contributed by atoms with Crippen molar-refractivity contribution in [2.75, 3.05) is 6.54 Å². The minimum Gasteiger partial charge on any atom is -0.444 e. The average Bonchev–Trinajstić information content (AvgIpc) is 2.58. The smallest absolute Gasteiger partial charge is 0.407 e. The molecule has 1 heterocycles. The summed E-state index contributed by atoms with van der Waals surface area (Å²) in [6.45, 7) is 5.83. The summed E-state index contributed by atoms with van der Waals surface area (Å²) in [5.74, 6) is 0. The molecular formula is C11H17BrN2O2S. The third-order valence-electron chi connectivity index (χ3n) is 1.82. The normalized spacial score (nSPS) is 13.2. The second-order valence-electron chi connectivity index (χ2n) is 4.63. The Morgan fingerprint density at radius 3 is 2.71 bits per heavy atom. The first-order valence-corrected chi connectivity index (χ1v) is 6.86. The van der Waals surface area contributed by atoms with E-state index >= 15 is 0 Å². The Morgan fingerprint density at radius 1 is 1.59 bits per heavy atom. The van der Waals surface area contributed by atoms with Crippen LogP contribution in [-0.4, -0.2) is 18.2 Å². The van der Waals surface area contributed by atoms with E-state index in [4.69, 9.17) is 10.5 Å². The molecule has 0 fully saturated rings. The van der Waals surface area contributed by atoms with Gasteiger partial charge in [-0.15, -0.1) is 11.3 Å². The molecule has 0 saturated carbocycles. The summed E-state index contributed by atoms with van der Waals surface area (Å²) in [5.41, 5.74) is 5.45. The van der Waals surface area contributed by atoms with Gasteiger partial charge in [0.25, 0.3) is 0 Å². The SMILES string of the molecule is CC(C)(C)OC(=O)NCC(N)c1ccc(Br)s1. The summed E-state index contributed by atoms with van der Waals surface area (Å²) in [6, 6.07) is 3.67. The molecule has 3 N–H and O–H groups in total. The van der Waals surface area contributed by atoms with Crippen molar-refractivity contribution >= 4 is 33.4 Å². The highest BCUT2D eigenvalue weighted by Gasteiger charge is 2.17. The molecule has 1 unspecified atom stereocenters. The van der Waals surface area contributed by atoms with Gasteiger partial charge < -0.3 is 15.8 Å². The molecule has 0 spiro atoms. The van der Waals surface area contributed by atoms with E-state index in [1.54, 1.807) is 11.3 Å². The maximum atomic E-state index is 11.4. The van der Waals surface area contributed by atoms with Gasteiger partial charge in [0.1, 0.15) is 5.60 Å². The third-order valence-corrected chi connectivity index (χ3v) is 3.58. The standard InChI is InChI=1S/C11H17BrN2O2S/c1-11(2,3)16-10(15)14-6-7(13)8-4-5-9(12)17-8/h4-5,7H,6,13H2,1-3H3,(H,14,15). The number of rotatable bonds is 3. The van der Waals surface area contributed by atoms with Gasteiger partial charge in [0.05, 0.1) is 9.83 Å². The Morgan fingerprint density at radius 2 is 2.24 bits per heavy atom. The van der Waals surface area contributed by atoms with Crippen LogP contribution in [0.25, 0.3) is 0 Å². The lowest BCUT2D eigenvalue weighted by Crippen LogP contribution is -2.36. The fourth-order valence-electron chi connectivity index (χ4n) is 1.14. The highest BCUT2D eigenvalue weighted by Crippen LogP contribution is 2.25. The van der Waals surface area contributed by atoms with Crippen molar-refractivity contribution in [2.45, 2.75) is 32.4 Å². The van der Waals surface area contributed by atoms with Crippen molar-refractivity contribution in [2.24, 2.45) is 5.73 Å². The van der Waals surface area contributed by atoms with E-state index in [-0.39, 0.29) is 6.04 Å². The number of amides is 1. The van der Waals surface area contributed by atoms with Crippen LogP contribution in [0.15, 0.2) is 15.9 Å². The van der Waals surface area contributed by atoms with Gasteiger partial charge in [-0.05, 0) is 48.8 Å². The van der Waals surface area contributed by atoms with E-state index in [1.807, 2.05) is 32.9 Å². The molecule has 0 aromatic carbocycles. The number of hydrogen-bond acceptors (Lipinski definition) is 4. The van der Waals surface area contributed by atoms with Crippen LogP contribution in [0.3, 0.4) is 0 Å². The fraction of sp³-hybridized carbons (Fsp3) is 0.545. The average molecular weight is 321 g/mol. The van der Waals surface area contributed by atoms with Crippen molar-refractivity contribution in [1.82, 2.24) is 5.32 Å². The van der Waals surface area contributed by atoms with E-state index in [1.165, 1.54) is 0 Å². The Hall–Kier alpha value is -0.590. The van der Waals surface area contributed by atoms with Crippen molar-refractivity contribution < 1.29 is 9.53 Å². The van der Waals surface area contributed by atoms with Gasteiger partial charge in [-0.3, -0.25) is 0 Å². The minimum atomic E-state index is -0.486. The molecule has 1 aromatic rings. The summed E-state index contributed by atoms with van der Waals surface area (Å²) >= 11 is 4.93.